The molecule has 0 spiro atoms. The molecule has 22 heavy (non-hydrogen) atoms. The van der Waals surface area contributed by atoms with Crippen LogP contribution in [0.5, 0.6) is 0 Å². The zero-order valence-electron chi connectivity index (χ0n) is 12.6. The van der Waals surface area contributed by atoms with Crippen LogP contribution in [0.4, 0.5) is 0 Å². The van der Waals surface area contributed by atoms with Gasteiger partial charge in [-0.15, -0.1) is 0 Å². The number of nitrogens with one attached hydrogen (secondary N) is 1. The van der Waals surface area contributed by atoms with Gasteiger partial charge in [-0.1, -0.05) is 40.8 Å². The first kappa shape index (κ1) is 16.1. The standard InChI is InChI=1S/C15H17N3OS.CH3I/c19-15(14-11-3-1-2-4-13(11)20-17-14)16-12-9-18-7-5-10(12)6-8-18;1-2/h1-4,10,12H,5-9H2,(H,16,19);1H3/t12-;/m1./s1. The van der Waals surface area contributed by atoms with Gasteiger partial charge in [-0.05, 0) is 54.4 Å². The van der Waals surface area contributed by atoms with Crippen molar-refractivity contribution in [1.82, 2.24) is 14.6 Å². The van der Waals surface area contributed by atoms with Crippen molar-refractivity contribution in [2.75, 3.05) is 24.6 Å². The Balaban J connectivity index is 0.000000693. The molecule has 0 aliphatic carbocycles. The smallest absolute Gasteiger partial charge is 0.271 e. The highest BCUT2D eigenvalue weighted by molar-refractivity contribution is 14.1. The van der Waals surface area contributed by atoms with Crippen molar-refractivity contribution in [3.05, 3.63) is 30.0 Å². The van der Waals surface area contributed by atoms with Crippen LogP contribution in [0.15, 0.2) is 24.3 Å². The first-order chi connectivity index (χ1) is 10.8. The molecule has 3 fully saturated rings. The van der Waals surface area contributed by atoms with E-state index in [1.54, 1.807) is 0 Å². The van der Waals surface area contributed by atoms with E-state index in [1.165, 1.54) is 37.5 Å². The number of carbonyl (C=O) groups is 1. The van der Waals surface area contributed by atoms with E-state index in [2.05, 4.69) is 37.2 Å². The van der Waals surface area contributed by atoms with Crippen LogP contribution in [0.3, 0.4) is 0 Å². The predicted molar refractivity (Wildman–Crippen MR) is 100.0 cm³/mol. The number of benzene rings is 1. The lowest BCUT2D eigenvalue weighted by atomic mass is 9.84. The number of fused-ring (bicyclic) bond motifs is 4. The summed E-state index contributed by atoms with van der Waals surface area (Å²) >= 11 is 3.55. The van der Waals surface area contributed by atoms with Gasteiger partial charge < -0.3 is 10.2 Å². The highest BCUT2D eigenvalue weighted by Gasteiger charge is 2.35. The molecule has 3 saturated heterocycles. The van der Waals surface area contributed by atoms with Gasteiger partial charge in [-0.3, -0.25) is 4.79 Å². The van der Waals surface area contributed by atoms with Crippen molar-refractivity contribution in [1.29, 1.82) is 0 Å². The molecule has 3 aliphatic heterocycles. The van der Waals surface area contributed by atoms with Crippen LogP contribution in [-0.4, -0.2) is 45.8 Å². The molecule has 6 heteroatoms. The van der Waals surface area contributed by atoms with Gasteiger partial charge in [0.25, 0.3) is 5.91 Å². The van der Waals surface area contributed by atoms with Crippen LogP contribution in [0.1, 0.15) is 23.3 Å². The lowest BCUT2D eigenvalue weighted by Gasteiger charge is -2.44. The minimum absolute atomic E-state index is 0.0128. The maximum Gasteiger partial charge on any atom is 0.271 e. The fourth-order valence-electron chi connectivity index (χ4n) is 3.41. The third-order valence-electron chi connectivity index (χ3n) is 4.57. The molecule has 0 saturated carbocycles. The summed E-state index contributed by atoms with van der Waals surface area (Å²) in [5.74, 6) is 0.634. The second-order valence-electron chi connectivity index (χ2n) is 5.75. The minimum atomic E-state index is -0.0128. The van der Waals surface area contributed by atoms with Crippen LogP contribution in [-0.2, 0) is 0 Å². The highest BCUT2D eigenvalue weighted by atomic mass is 127. The molecule has 2 aromatic rings. The quantitative estimate of drug-likeness (QED) is 0.590. The average molecular weight is 429 g/mol. The summed E-state index contributed by atoms with van der Waals surface area (Å²) in [5.41, 5.74) is 0.585. The van der Waals surface area contributed by atoms with Gasteiger partial charge >= 0.3 is 0 Å². The molecule has 1 aromatic carbocycles. The van der Waals surface area contributed by atoms with Crippen molar-refractivity contribution in [3.63, 3.8) is 0 Å². The Morgan fingerprint density at radius 3 is 2.73 bits per heavy atom. The number of amides is 1. The van der Waals surface area contributed by atoms with E-state index in [9.17, 15) is 4.79 Å². The first-order valence-electron chi connectivity index (χ1n) is 7.57. The summed E-state index contributed by atoms with van der Waals surface area (Å²) in [4.78, 5) is 16.9. The number of aromatic nitrogens is 1. The number of hydrogen-bond acceptors (Lipinski definition) is 4. The molecule has 5 rings (SSSR count). The first-order valence-corrected chi connectivity index (χ1v) is 10.5. The molecule has 4 heterocycles. The van der Waals surface area contributed by atoms with Gasteiger partial charge in [0.05, 0.1) is 4.70 Å². The maximum absolute atomic E-state index is 12.5. The van der Waals surface area contributed by atoms with Crippen molar-refractivity contribution in [2.45, 2.75) is 18.9 Å². The third kappa shape index (κ3) is 3.14. The van der Waals surface area contributed by atoms with Crippen LogP contribution in [0, 0.1) is 5.92 Å². The van der Waals surface area contributed by atoms with E-state index in [0.29, 0.717) is 17.7 Å². The third-order valence-corrected chi connectivity index (χ3v) is 5.39. The molecule has 3 aliphatic rings. The van der Waals surface area contributed by atoms with Gasteiger partial charge in [0.2, 0.25) is 0 Å². The minimum Gasteiger partial charge on any atom is -0.346 e. The molecule has 4 nitrogen and oxygen atoms in total. The van der Waals surface area contributed by atoms with Crippen molar-refractivity contribution in [2.24, 2.45) is 5.92 Å². The van der Waals surface area contributed by atoms with Gasteiger partial charge in [0.15, 0.2) is 0 Å². The number of carbonyl (C=O) groups excluding carboxylic acids is 1. The van der Waals surface area contributed by atoms with Crippen molar-refractivity contribution >= 4 is 50.1 Å². The molecule has 0 radical (unpaired) electrons. The Kier molecular flexibility index (Phi) is 5.30. The molecule has 1 N–H and O–H groups in total. The number of nitrogens with zero attached hydrogens (tertiary/aromatic N) is 2. The molecule has 1 amide bonds. The summed E-state index contributed by atoms with van der Waals surface area (Å²) in [6, 6.07) is 8.23. The molecule has 0 unspecified atom stereocenters. The van der Waals surface area contributed by atoms with Crippen LogP contribution in [0.2, 0.25) is 0 Å². The van der Waals surface area contributed by atoms with E-state index in [1.807, 2.05) is 29.2 Å². The summed E-state index contributed by atoms with van der Waals surface area (Å²) in [5, 5.41) is 4.18. The van der Waals surface area contributed by atoms with E-state index >= 15 is 0 Å². The fourth-order valence-corrected chi connectivity index (χ4v) is 4.19. The lowest BCUT2D eigenvalue weighted by molar-refractivity contribution is 0.0619. The van der Waals surface area contributed by atoms with Crippen LogP contribution in [0.25, 0.3) is 10.1 Å². The summed E-state index contributed by atoms with van der Waals surface area (Å²) < 4.78 is 5.41. The monoisotopic (exact) mass is 429 g/mol. The Labute approximate surface area is 148 Å². The number of alkyl halides is 1. The maximum atomic E-state index is 12.5. The summed E-state index contributed by atoms with van der Waals surface area (Å²) in [6.07, 6.45) is 2.42. The van der Waals surface area contributed by atoms with Gasteiger partial charge in [0.1, 0.15) is 5.69 Å². The average Bonchev–Trinajstić information content (AvgIpc) is 3.02. The van der Waals surface area contributed by atoms with Crippen LogP contribution < -0.4 is 5.32 Å². The Hall–Kier alpha value is -0.730. The largest absolute Gasteiger partial charge is 0.346 e. The second-order valence-corrected chi connectivity index (χ2v) is 6.55. The fraction of sp³-hybridized carbons (Fsp3) is 0.500. The van der Waals surface area contributed by atoms with E-state index < -0.39 is 0 Å². The number of rotatable bonds is 2. The number of halogens is 1. The Bertz CT molecular complexity index is 652. The molecule has 1 atom stereocenters. The van der Waals surface area contributed by atoms with Gasteiger partial charge in [-0.2, -0.15) is 4.37 Å². The number of piperidine rings is 3. The van der Waals surface area contributed by atoms with E-state index in [4.69, 9.17) is 0 Å². The molecule has 2 bridgehead atoms. The normalized spacial score (nSPS) is 26.4. The zero-order valence-corrected chi connectivity index (χ0v) is 15.6. The topological polar surface area (TPSA) is 45.2 Å². The molecule has 118 valence electrons. The predicted octanol–water partition coefficient (Wildman–Crippen LogP) is 3.17. The highest BCUT2D eigenvalue weighted by Crippen LogP contribution is 2.28. The molecule has 1 aromatic heterocycles. The summed E-state index contributed by atoms with van der Waals surface area (Å²) in [7, 11) is 0. The molecular weight excluding hydrogens is 409 g/mol. The van der Waals surface area contributed by atoms with E-state index in [-0.39, 0.29) is 5.91 Å². The van der Waals surface area contributed by atoms with Crippen LogP contribution >= 0.6 is 34.1 Å². The van der Waals surface area contributed by atoms with Gasteiger partial charge in [-0.25, -0.2) is 0 Å². The Morgan fingerprint density at radius 2 is 2.05 bits per heavy atom. The lowest BCUT2D eigenvalue weighted by Crippen LogP contribution is -2.57. The molecular formula is C16H20IN3OS. The Morgan fingerprint density at radius 1 is 1.32 bits per heavy atom. The SMILES string of the molecule is CI.O=C(N[C@@H]1CN2CCC1CC2)c1nsc2ccccc12. The van der Waals surface area contributed by atoms with Gasteiger partial charge in [0, 0.05) is 18.0 Å². The summed E-state index contributed by atoms with van der Waals surface area (Å²) in [6.45, 7) is 3.38. The second kappa shape index (κ2) is 7.23. The van der Waals surface area contributed by atoms with Crippen molar-refractivity contribution < 1.29 is 4.79 Å². The zero-order chi connectivity index (χ0) is 15.5. The van der Waals surface area contributed by atoms with E-state index in [0.717, 1.165) is 16.6 Å². The van der Waals surface area contributed by atoms with Crippen molar-refractivity contribution in [3.8, 4) is 0 Å². The number of hydrogen-bond donors (Lipinski definition) is 1.